The molecule has 0 aliphatic carbocycles. The molecule has 3 aromatic rings. The average molecular weight is 365 g/mol. The van der Waals surface area contributed by atoms with Gasteiger partial charge in [0.15, 0.2) is 0 Å². The van der Waals surface area contributed by atoms with Crippen molar-refractivity contribution in [2.45, 2.75) is 25.8 Å². The minimum absolute atomic E-state index is 0.0341. The largest absolute Gasteiger partial charge is 0.468 e. The summed E-state index contributed by atoms with van der Waals surface area (Å²) < 4.78 is 10.9. The van der Waals surface area contributed by atoms with Crippen LogP contribution < -0.4 is 5.32 Å². The maximum Gasteiger partial charge on any atom is 0.257 e. The zero-order valence-corrected chi connectivity index (χ0v) is 15.4. The molecule has 0 spiro atoms. The number of carbonyl (C=O) groups excluding carboxylic acids is 1. The number of likely N-dealkylation sites (tertiary alicyclic amines) is 1. The smallest absolute Gasteiger partial charge is 0.257 e. The van der Waals surface area contributed by atoms with Crippen molar-refractivity contribution < 1.29 is 13.7 Å². The van der Waals surface area contributed by atoms with Gasteiger partial charge in [-0.2, -0.15) is 0 Å². The van der Waals surface area contributed by atoms with Gasteiger partial charge in [-0.15, -0.1) is 0 Å². The zero-order valence-electron chi connectivity index (χ0n) is 15.4. The van der Waals surface area contributed by atoms with Crippen LogP contribution in [0.1, 0.15) is 40.8 Å². The van der Waals surface area contributed by atoms with Gasteiger partial charge in [0.25, 0.3) is 5.91 Å². The normalized spacial score (nSPS) is 15.7. The lowest BCUT2D eigenvalue weighted by molar-refractivity contribution is 0.0933. The van der Waals surface area contributed by atoms with Gasteiger partial charge in [0.05, 0.1) is 12.3 Å². The Labute approximate surface area is 158 Å². The van der Waals surface area contributed by atoms with Gasteiger partial charge in [-0.1, -0.05) is 35.5 Å². The number of aryl methyl sites for hydroxylation is 1. The summed E-state index contributed by atoms with van der Waals surface area (Å²) in [5.74, 6) is 1.22. The monoisotopic (exact) mass is 365 g/mol. The lowest BCUT2D eigenvalue weighted by Crippen LogP contribution is -2.36. The summed E-state index contributed by atoms with van der Waals surface area (Å²) in [5, 5.41) is 7.16. The van der Waals surface area contributed by atoms with Crippen LogP contribution >= 0.6 is 0 Å². The lowest BCUT2D eigenvalue weighted by Gasteiger charge is -2.26. The first kappa shape index (κ1) is 17.5. The highest BCUT2D eigenvalue weighted by atomic mass is 16.5. The maximum atomic E-state index is 12.9. The van der Waals surface area contributed by atoms with Crippen molar-refractivity contribution in [2.75, 3.05) is 19.6 Å². The molecule has 27 heavy (non-hydrogen) atoms. The Morgan fingerprint density at radius 2 is 1.96 bits per heavy atom. The predicted octanol–water partition coefficient (Wildman–Crippen LogP) is 3.81. The first-order chi connectivity index (χ1) is 13.2. The van der Waals surface area contributed by atoms with E-state index < -0.39 is 0 Å². The van der Waals surface area contributed by atoms with Crippen LogP contribution in [0.4, 0.5) is 0 Å². The quantitative estimate of drug-likeness (QED) is 0.719. The Bertz CT molecular complexity index is 881. The van der Waals surface area contributed by atoms with Crippen LogP contribution in [0.3, 0.4) is 0 Å². The molecule has 0 unspecified atom stereocenters. The van der Waals surface area contributed by atoms with Gasteiger partial charge in [0, 0.05) is 12.1 Å². The number of nitrogens with zero attached hydrogens (tertiary/aromatic N) is 2. The summed E-state index contributed by atoms with van der Waals surface area (Å²) in [6, 6.07) is 13.5. The van der Waals surface area contributed by atoms with E-state index in [4.69, 9.17) is 8.94 Å². The molecule has 0 radical (unpaired) electrons. The van der Waals surface area contributed by atoms with Crippen molar-refractivity contribution in [1.29, 1.82) is 0 Å². The van der Waals surface area contributed by atoms with E-state index in [1.54, 1.807) is 13.2 Å². The number of furan rings is 1. The minimum atomic E-state index is -0.177. The number of rotatable bonds is 6. The van der Waals surface area contributed by atoms with E-state index in [0.717, 1.165) is 24.4 Å². The second kappa shape index (κ2) is 7.80. The maximum absolute atomic E-state index is 12.9. The molecule has 2 aromatic heterocycles. The number of nitrogens with one attached hydrogen (secondary N) is 1. The third kappa shape index (κ3) is 3.66. The molecule has 3 heterocycles. The van der Waals surface area contributed by atoms with Crippen LogP contribution in [0, 0.1) is 6.92 Å². The Morgan fingerprint density at radius 1 is 1.19 bits per heavy atom. The predicted molar refractivity (Wildman–Crippen MR) is 101 cm³/mol. The van der Waals surface area contributed by atoms with Gasteiger partial charge < -0.3 is 14.3 Å². The molecule has 1 N–H and O–H groups in total. The summed E-state index contributed by atoms with van der Waals surface area (Å²) in [5.41, 5.74) is 1.92. The topological polar surface area (TPSA) is 71.5 Å². The van der Waals surface area contributed by atoms with Crippen LogP contribution in [0.15, 0.2) is 57.7 Å². The van der Waals surface area contributed by atoms with Crippen LogP contribution in [0.25, 0.3) is 11.3 Å². The highest BCUT2D eigenvalue weighted by Crippen LogP contribution is 2.27. The third-order valence-electron chi connectivity index (χ3n) is 5.05. The Kier molecular flexibility index (Phi) is 5.07. The first-order valence-corrected chi connectivity index (χ1v) is 9.31. The van der Waals surface area contributed by atoms with Gasteiger partial charge in [-0.05, 0) is 45.0 Å². The van der Waals surface area contributed by atoms with Gasteiger partial charge in [0.2, 0.25) is 0 Å². The average Bonchev–Trinajstić information content (AvgIpc) is 3.45. The van der Waals surface area contributed by atoms with E-state index in [1.807, 2.05) is 42.5 Å². The van der Waals surface area contributed by atoms with Crippen molar-refractivity contribution in [3.05, 3.63) is 65.8 Å². The molecule has 0 saturated carbocycles. The number of carbonyl (C=O) groups is 1. The number of benzene rings is 1. The molecular formula is C21H23N3O3. The number of amides is 1. The third-order valence-corrected chi connectivity index (χ3v) is 5.05. The highest BCUT2D eigenvalue weighted by molar-refractivity contribution is 6.00. The van der Waals surface area contributed by atoms with Crippen LogP contribution in [0.2, 0.25) is 0 Å². The first-order valence-electron chi connectivity index (χ1n) is 9.31. The van der Waals surface area contributed by atoms with E-state index in [0.29, 0.717) is 23.6 Å². The van der Waals surface area contributed by atoms with Crippen LogP contribution in [0.5, 0.6) is 0 Å². The molecule has 1 atom stereocenters. The number of hydrogen-bond acceptors (Lipinski definition) is 5. The molecule has 6 heteroatoms. The summed E-state index contributed by atoms with van der Waals surface area (Å²) in [6.45, 7) is 4.27. The second-order valence-electron chi connectivity index (χ2n) is 6.81. The Hall–Kier alpha value is -2.86. The number of hydrogen-bond donors (Lipinski definition) is 1. The Morgan fingerprint density at radius 3 is 2.67 bits per heavy atom. The fraction of sp³-hybridized carbons (Fsp3) is 0.333. The summed E-state index contributed by atoms with van der Waals surface area (Å²) >= 11 is 0. The van der Waals surface area contributed by atoms with Crippen LogP contribution in [-0.2, 0) is 0 Å². The van der Waals surface area contributed by atoms with Crippen molar-refractivity contribution in [2.24, 2.45) is 0 Å². The molecule has 1 aromatic carbocycles. The van der Waals surface area contributed by atoms with Gasteiger partial charge in [-0.3, -0.25) is 9.69 Å². The van der Waals surface area contributed by atoms with Crippen molar-refractivity contribution in [3.63, 3.8) is 0 Å². The standard InChI is InChI=1S/C21H23N3O3/c1-15-19(20(23-27-15)16-8-3-2-4-9-16)21(25)22-14-17(18-10-7-13-26-18)24-11-5-6-12-24/h2-4,7-10,13,17H,5-6,11-12,14H2,1H3,(H,22,25)/t17-/m0/s1. The molecule has 1 amide bonds. The number of aromatic nitrogens is 1. The summed E-state index contributed by atoms with van der Waals surface area (Å²) in [4.78, 5) is 15.3. The summed E-state index contributed by atoms with van der Waals surface area (Å²) in [7, 11) is 0. The van der Waals surface area contributed by atoms with E-state index in [9.17, 15) is 4.79 Å². The molecule has 0 bridgehead atoms. The minimum Gasteiger partial charge on any atom is -0.468 e. The summed E-state index contributed by atoms with van der Waals surface area (Å²) in [6.07, 6.45) is 4.03. The molecule has 1 aliphatic rings. The van der Waals surface area contributed by atoms with E-state index in [-0.39, 0.29) is 11.9 Å². The fourth-order valence-electron chi connectivity index (χ4n) is 3.65. The van der Waals surface area contributed by atoms with E-state index in [2.05, 4.69) is 15.4 Å². The molecule has 6 nitrogen and oxygen atoms in total. The zero-order chi connectivity index (χ0) is 18.6. The van der Waals surface area contributed by atoms with Crippen LogP contribution in [-0.4, -0.2) is 35.6 Å². The van der Waals surface area contributed by atoms with Gasteiger partial charge in [0.1, 0.15) is 22.8 Å². The molecule has 1 aliphatic heterocycles. The van der Waals surface area contributed by atoms with E-state index in [1.165, 1.54) is 12.8 Å². The molecule has 140 valence electrons. The SMILES string of the molecule is Cc1onc(-c2ccccc2)c1C(=O)NC[C@@H](c1ccco1)N1CCCC1. The lowest BCUT2D eigenvalue weighted by atomic mass is 10.1. The molecule has 4 rings (SSSR count). The Balaban J connectivity index is 1.53. The van der Waals surface area contributed by atoms with Gasteiger partial charge >= 0.3 is 0 Å². The highest BCUT2D eigenvalue weighted by Gasteiger charge is 2.27. The molecule has 1 fully saturated rings. The molecular weight excluding hydrogens is 342 g/mol. The van der Waals surface area contributed by atoms with Crippen molar-refractivity contribution in [1.82, 2.24) is 15.4 Å². The van der Waals surface area contributed by atoms with Gasteiger partial charge in [-0.25, -0.2) is 0 Å². The van der Waals surface area contributed by atoms with Crippen molar-refractivity contribution >= 4 is 5.91 Å². The fourth-order valence-corrected chi connectivity index (χ4v) is 3.65. The van der Waals surface area contributed by atoms with Crippen molar-refractivity contribution in [3.8, 4) is 11.3 Å². The second-order valence-corrected chi connectivity index (χ2v) is 6.81. The molecule has 1 saturated heterocycles. The van der Waals surface area contributed by atoms with E-state index >= 15 is 0 Å².